The second-order valence-electron chi connectivity index (χ2n) is 12.9. The van der Waals surface area contributed by atoms with Crippen molar-refractivity contribution in [3.8, 4) is 10.6 Å². The van der Waals surface area contributed by atoms with Gasteiger partial charge in [-0.05, 0) is 83.6 Å². The second-order valence-corrected chi connectivity index (χ2v) is 20.3. The number of aromatic nitrogens is 1. The van der Waals surface area contributed by atoms with E-state index in [0.29, 0.717) is 18.7 Å². The fourth-order valence-electron chi connectivity index (χ4n) is 6.63. The van der Waals surface area contributed by atoms with Crippen LogP contribution in [0.15, 0.2) is 146 Å². The standard InChI is InChI=1S/C44H41N4O3PS3/c1-48(44(50)51-25-28-54-53-27-23-45)36-21-19-32-29-35(18-17-33(32)30-36)43-47-40-22-20-34(31-41(40)55-43)42(49)46-24-26-52(37-11-5-2-6-12-37,38-13-7-3-8-14-38)39-15-9-4-10-16-39/h2-22,29-31H,23-28,45H2,1H3/p+2. The monoisotopic (exact) mass is 802 g/mol. The average Bonchev–Trinajstić information content (AvgIpc) is 3.68. The van der Waals surface area contributed by atoms with Crippen LogP contribution in [0.25, 0.3) is 31.6 Å². The molecule has 4 N–H and O–H groups in total. The molecule has 7 nitrogen and oxygen atoms in total. The van der Waals surface area contributed by atoms with Gasteiger partial charge in [-0.3, -0.25) is 9.69 Å². The van der Waals surface area contributed by atoms with Crippen LogP contribution in [-0.2, 0) is 4.74 Å². The highest BCUT2D eigenvalue weighted by Crippen LogP contribution is 2.54. The Morgan fingerprint density at radius 1 is 0.764 bits per heavy atom. The number of nitrogens with zero attached hydrogens (tertiary/aromatic N) is 2. The van der Waals surface area contributed by atoms with Crippen molar-refractivity contribution in [3.05, 3.63) is 151 Å². The van der Waals surface area contributed by atoms with Gasteiger partial charge in [0, 0.05) is 29.6 Å². The molecule has 278 valence electrons. The van der Waals surface area contributed by atoms with Crippen molar-refractivity contribution in [3.63, 3.8) is 0 Å². The highest BCUT2D eigenvalue weighted by Gasteiger charge is 2.44. The fraction of sp³-hybridized carbons (Fsp3) is 0.159. The molecule has 55 heavy (non-hydrogen) atoms. The molecule has 0 aliphatic carbocycles. The third kappa shape index (κ3) is 8.90. The molecule has 0 radical (unpaired) electrons. The van der Waals surface area contributed by atoms with E-state index in [1.54, 1.807) is 40.0 Å². The van der Waals surface area contributed by atoms with Crippen LogP contribution in [0.3, 0.4) is 0 Å². The van der Waals surface area contributed by atoms with E-state index in [-0.39, 0.29) is 12.0 Å². The lowest BCUT2D eigenvalue weighted by Gasteiger charge is -2.27. The SMILES string of the molecule is CN(C(=O)OCCSSCC[NH3+])c1ccc2cc(-c3nc4ccc(C(=O)NCC[P+](c5ccccc5)(c5ccccc5)c5ccccc5)cc4s3)ccc2c1. The van der Waals surface area contributed by atoms with Crippen molar-refractivity contribution in [2.24, 2.45) is 0 Å². The lowest BCUT2D eigenvalue weighted by molar-refractivity contribution is -0.360. The predicted molar refractivity (Wildman–Crippen MR) is 237 cm³/mol. The number of carbonyl (C=O) groups is 2. The van der Waals surface area contributed by atoms with Gasteiger partial charge in [0.05, 0.1) is 35.2 Å². The summed E-state index contributed by atoms with van der Waals surface area (Å²) in [6.07, 6.45) is 0.423. The minimum Gasteiger partial charge on any atom is -0.448 e. The smallest absolute Gasteiger partial charge is 0.414 e. The Labute approximate surface area is 334 Å². The van der Waals surface area contributed by atoms with E-state index in [0.717, 1.165) is 61.5 Å². The summed E-state index contributed by atoms with van der Waals surface area (Å²) in [6.45, 7) is 1.78. The number of fused-ring (bicyclic) bond motifs is 2. The number of rotatable bonds is 15. The normalized spacial score (nSPS) is 11.5. The number of benzene rings is 6. The van der Waals surface area contributed by atoms with Gasteiger partial charge in [-0.25, -0.2) is 9.78 Å². The van der Waals surface area contributed by atoms with E-state index in [2.05, 4.69) is 120 Å². The molecule has 11 heteroatoms. The van der Waals surface area contributed by atoms with Gasteiger partial charge in [0.1, 0.15) is 34.8 Å². The first-order valence-electron chi connectivity index (χ1n) is 18.2. The van der Waals surface area contributed by atoms with Gasteiger partial charge in [-0.15, -0.1) is 11.3 Å². The third-order valence-electron chi connectivity index (χ3n) is 9.41. The number of anilines is 1. The number of quaternary nitrogens is 1. The van der Waals surface area contributed by atoms with E-state index < -0.39 is 7.26 Å². The summed E-state index contributed by atoms with van der Waals surface area (Å²) in [5.41, 5.74) is 7.08. The van der Waals surface area contributed by atoms with E-state index in [4.69, 9.17) is 9.72 Å². The summed E-state index contributed by atoms with van der Waals surface area (Å²) in [5, 5.41) is 10.1. The van der Waals surface area contributed by atoms with E-state index in [1.165, 1.54) is 20.8 Å². The Hall–Kier alpha value is -4.70. The molecule has 0 bridgehead atoms. The van der Waals surface area contributed by atoms with Crippen molar-refractivity contribution in [2.75, 3.05) is 49.3 Å². The minimum absolute atomic E-state index is 0.0953. The first-order chi connectivity index (χ1) is 27.0. The summed E-state index contributed by atoms with van der Waals surface area (Å²) >= 11 is 1.57. The molecule has 1 aromatic heterocycles. The average molecular weight is 803 g/mol. The van der Waals surface area contributed by atoms with Crippen molar-refractivity contribution < 1.29 is 20.1 Å². The van der Waals surface area contributed by atoms with Crippen molar-refractivity contribution in [2.45, 2.75) is 0 Å². The Morgan fingerprint density at radius 2 is 1.38 bits per heavy atom. The third-order valence-corrected chi connectivity index (χ3v) is 17.4. The number of ether oxygens (including phenoxy) is 1. The minimum atomic E-state index is -2.06. The molecule has 7 rings (SSSR count). The molecule has 2 amide bonds. The van der Waals surface area contributed by atoms with Crippen LogP contribution in [0.2, 0.25) is 0 Å². The maximum atomic E-state index is 13.7. The zero-order valence-corrected chi connectivity index (χ0v) is 33.9. The number of hydrogen-bond donors (Lipinski definition) is 2. The Balaban J connectivity index is 1.04. The lowest BCUT2D eigenvalue weighted by atomic mass is 10.1. The van der Waals surface area contributed by atoms with E-state index in [1.807, 2.05) is 36.4 Å². The fourth-order valence-corrected chi connectivity index (χ4v) is 13.6. The first kappa shape index (κ1) is 38.6. The van der Waals surface area contributed by atoms with Crippen LogP contribution in [0.1, 0.15) is 10.4 Å². The quantitative estimate of drug-likeness (QED) is 0.0619. The highest BCUT2D eigenvalue weighted by molar-refractivity contribution is 8.76. The zero-order chi connectivity index (χ0) is 38.0. The number of amides is 2. The number of thiazole rings is 1. The molecule has 1 heterocycles. The van der Waals surface area contributed by atoms with Crippen molar-refractivity contribution in [1.29, 1.82) is 0 Å². The molecule has 0 aliphatic heterocycles. The summed E-state index contributed by atoms with van der Waals surface area (Å²) < 4.78 is 6.42. The molecule has 0 saturated carbocycles. The van der Waals surface area contributed by atoms with Crippen LogP contribution in [-0.4, -0.2) is 61.4 Å². The van der Waals surface area contributed by atoms with Crippen LogP contribution >= 0.6 is 40.2 Å². The number of nitrogens with one attached hydrogen (secondary N) is 1. The van der Waals surface area contributed by atoms with Crippen LogP contribution in [0, 0.1) is 0 Å². The largest absolute Gasteiger partial charge is 0.448 e. The summed E-state index contributed by atoms with van der Waals surface area (Å²) in [6, 6.07) is 50.1. The first-order valence-corrected chi connectivity index (χ1v) is 23.5. The predicted octanol–water partition coefficient (Wildman–Crippen LogP) is 8.04. The molecule has 0 saturated heterocycles. The summed E-state index contributed by atoms with van der Waals surface area (Å²) in [4.78, 5) is 32.8. The molecule has 0 spiro atoms. The molecule has 0 unspecified atom stereocenters. The van der Waals surface area contributed by atoms with Gasteiger partial charge in [-0.1, -0.05) is 94.4 Å². The topological polar surface area (TPSA) is 99.2 Å². The van der Waals surface area contributed by atoms with E-state index in [9.17, 15) is 9.59 Å². The van der Waals surface area contributed by atoms with Crippen LogP contribution in [0.5, 0.6) is 0 Å². The number of hydrogen-bond acceptors (Lipinski definition) is 7. The Morgan fingerprint density at radius 3 is 2.04 bits per heavy atom. The zero-order valence-electron chi connectivity index (χ0n) is 30.6. The van der Waals surface area contributed by atoms with Gasteiger partial charge in [0.15, 0.2) is 0 Å². The van der Waals surface area contributed by atoms with Crippen LogP contribution in [0.4, 0.5) is 10.5 Å². The van der Waals surface area contributed by atoms with Gasteiger partial charge >= 0.3 is 6.09 Å². The molecule has 0 aliphatic rings. The summed E-state index contributed by atoms with van der Waals surface area (Å²) in [7, 11) is 3.11. The molecular weight excluding hydrogens is 760 g/mol. The molecule has 0 fully saturated rings. The van der Waals surface area contributed by atoms with Gasteiger partial charge in [0.25, 0.3) is 5.91 Å². The van der Waals surface area contributed by atoms with Crippen molar-refractivity contribution >= 4 is 94.8 Å². The maximum absolute atomic E-state index is 13.7. The second kappa shape index (κ2) is 18.3. The lowest BCUT2D eigenvalue weighted by Crippen LogP contribution is -2.51. The van der Waals surface area contributed by atoms with Gasteiger partial charge in [-0.2, -0.15) is 0 Å². The van der Waals surface area contributed by atoms with E-state index >= 15 is 0 Å². The molecular formula is C44H43N4O3PS3+2. The van der Waals surface area contributed by atoms with Crippen LogP contribution < -0.4 is 31.9 Å². The van der Waals surface area contributed by atoms with Gasteiger partial charge < -0.3 is 15.8 Å². The van der Waals surface area contributed by atoms with Gasteiger partial charge in [0.2, 0.25) is 0 Å². The Kier molecular flexibility index (Phi) is 12.8. The molecule has 7 aromatic rings. The number of carbonyl (C=O) groups excluding carboxylic acids is 2. The maximum Gasteiger partial charge on any atom is 0.414 e. The Bertz CT molecular complexity index is 2280. The highest BCUT2D eigenvalue weighted by atomic mass is 33.1. The molecule has 6 aromatic carbocycles. The molecule has 0 atom stereocenters. The summed E-state index contributed by atoms with van der Waals surface area (Å²) in [5.74, 6) is 1.63. The van der Waals surface area contributed by atoms with Crippen molar-refractivity contribution in [1.82, 2.24) is 10.3 Å².